The molecule has 0 rings (SSSR count). The maximum absolute atomic E-state index is 13.1. The molecule has 0 saturated carbocycles. The van der Waals surface area contributed by atoms with Crippen molar-refractivity contribution in [2.45, 2.75) is 401 Å². The lowest BCUT2D eigenvalue weighted by Gasteiger charge is -2.21. The second-order valence-electron chi connectivity index (χ2n) is 28.0. The summed E-state index contributed by atoms with van der Waals surface area (Å²) >= 11 is 0. The van der Waals surface area contributed by atoms with E-state index >= 15 is 0 Å². The molecule has 0 fully saturated rings. The molecule has 0 aliphatic carbocycles. The number of phosphoric ester groups is 2. The van der Waals surface area contributed by atoms with Crippen molar-refractivity contribution in [3.8, 4) is 0 Å². The zero-order valence-corrected chi connectivity index (χ0v) is 63.2. The summed E-state index contributed by atoms with van der Waals surface area (Å²) in [6, 6.07) is 0. The fourth-order valence-electron chi connectivity index (χ4n) is 11.4. The summed E-state index contributed by atoms with van der Waals surface area (Å²) in [5, 5.41) is 10.6. The van der Waals surface area contributed by atoms with Crippen molar-refractivity contribution in [3.63, 3.8) is 0 Å². The van der Waals surface area contributed by atoms with Crippen LogP contribution in [0.2, 0.25) is 0 Å². The second-order valence-corrected chi connectivity index (χ2v) is 30.9. The zero-order chi connectivity index (χ0) is 69.4. The number of esters is 4. The minimum absolute atomic E-state index is 0.105. The molecule has 0 aliphatic rings. The van der Waals surface area contributed by atoms with Crippen molar-refractivity contribution < 1.29 is 80.2 Å². The summed E-state index contributed by atoms with van der Waals surface area (Å²) < 4.78 is 68.5. The summed E-state index contributed by atoms with van der Waals surface area (Å²) in [5.74, 6) is 0.255. The number of carbonyl (C=O) groups is 4. The molecule has 7 atom stereocenters. The molecule has 4 unspecified atom stereocenters. The largest absolute Gasteiger partial charge is 0.472 e. The Kier molecular flexibility index (Phi) is 64.3. The summed E-state index contributed by atoms with van der Waals surface area (Å²) in [7, 11) is -9.91. The van der Waals surface area contributed by atoms with Crippen LogP contribution in [0.25, 0.3) is 0 Å². The van der Waals surface area contributed by atoms with E-state index in [0.717, 1.165) is 108 Å². The van der Waals surface area contributed by atoms with Crippen molar-refractivity contribution in [1.82, 2.24) is 0 Å². The topological polar surface area (TPSA) is 237 Å². The lowest BCUT2D eigenvalue weighted by atomic mass is 9.99. The van der Waals surface area contributed by atoms with E-state index in [4.69, 9.17) is 37.0 Å². The third-order valence-electron chi connectivity index (χ3n) is 18.1. The average Bonchev–Trinajstić information content (AvgIpc) is 1.86. The summed E-state index contributed by atoms with van der Waals surface area (Å²) in [6.45, 7) is 11.9. The van der Waals surface area contributed by atoms with Gasteiger partial charge in [0, 0.05) is 25.7 Å². The first kappa shape index (κ1) is 92.1. The van der Waals surface area contributed by atoms with Gasteiger partial charge < -0.3 is 33.8 Å². The molecule has 0 heterocycles. The minimum atomic E-state index is -4.96. The van der Waals surface area contributed by atoms with Crippen LogP contribution < -0.4 is 0 Å². The normalized spacial score (nSPS) is 14.7. The van der Waals surface area contributed by atoms with Gasteiger partial charge in [0.15, 0.2) is 12.2 Å². The summed E-state index contributed by atoms with van der Waals surface area (Å²) in [6.07, 6.45) is 51.1. The van der Waals surface area contributed by atoms with E-state index in [9.17, 15) is 43.2 Å². The molecule has 0 aromatic carbocycles. The van der Waals surface area contributed by atoms with E-state index in [-0.39, 0.29) is 25.7 Å². The van der Waals surface area contributed by atoms with Crippen LogP contribution in [-0.4, -0.2) is 96.7 Å². The number of ether oxygens (including phenoxy) is 4. The van der Waals surface area contributed by atoms with E-state index in [1.807, 2.05) is 0 Å². The van der Waals surface area contributed by atoms with E-state index in [2.05, 4.69) is 48.5 Å². The Hall–Kier alpha value is -1.94. The molecule has 17 nitrogen and oxygen atoms in total. The molecular weight excluding hydrogens is 1230 g/mol. The van der Waals surface area contributed by atoms with E-state index in [1.54, 1.807) is 0 Å². The first-order chi connectivity index (χ1) is 45.3. The van der Waals surface area contributed by atoms with Crippen LogP contribution in [0.15, 0.2) is 0 Å². The molecule has 558 valence electrons. The van der Waals surface area contributed by atoms with Crippen LogP contribution in [0.4, 0.5) is 0 Å². The molecule has 0 amide bonds. The maximum atomic E-state index is 13.1. The van der Waals surface area contributed by atoms with Gasteiger partial charge >= 0.3 is 39.5 Å². The van der Waals surface area contributed by atoms with Crippen molar-refractivity contribution in [2.75, 3.05) is 39.6 Å². The Balaban J connectivity index is 5.26. The van der Waals surface area contributed by atoms with E-state index in [1.165, 1.54) is 193 Å². The highest BCUT2D eigenvalue weighted by Gasteiger charge is 2.30. The standard InChI is InChI=1S/C75H146O17P2/c1-8-11-12-13-14-15-20-27-35-42-49-56-72(77)85-63-71(92-75(80)59-52-45-38-31-30-34-41-48-55-68(7)10-3)65-90-94(83,84)88-61-69(76)60-87-93(81,82)89-64-70(62-86-73(78)57-50-43-36-28-24-23-26-33-40-47-54-67(6)9-2)91-74(79)58-51-44-37-29-22-19-17-16-18-21-25-32-39-46-53-66(4)5/h66-71,76H,8-65H2,1-7H3,(H,81,82)(H,83,84)/t67?,68?,69-,70-,71-/m1/s1. The number of hydrogen-bond acceptors (Lipinski definition) is 15. The van der Waals surface area contributed by atoms with Crippen molar-refractivity contribution in [2.24, 2.45) is 17.8 Å². The highest BCUT2D eigenvalue weighted by atomic mass is 31.2. The van der Waals surface area contributed by atoms with Crippen LogP contribution in [0.5, 0.6) is 0 Å². The van der Waals surface area contributed by atoms with Crippen LogP contribution in [0.3, 0.4) is 0 Å². The zero-order valence-electron chi connectivity index (χ0n) is 61.4. The molecule has 0 aromatic heterocycles. The van der Waals surface area contributed by atoms with Gasteiger partial charge in [-0.3, -0.25) is 37.3 Å². The number of hydrogen-bond donors (Lipinski definition) is 3. The summed E-state index contributed by atoms with van der Waals surface area (Å²) in [5.41, 5.74) is 0. The van der Waals surface area contributed by atoms with Crippen molar-refractivity contribution >= 4 is 39.5 Å². The second kappa shape index (κ2) is 65.7. The molecule has 0 aliphatic heterocycles. The number of phosphoric acid groups is 2. The number of unbranched alkanes of at least 4 members (excludes halogenated alkanes) is 39. The van der Waals surface area contributed by atoms with Gasteiger partial charge in [0.25, 0.3) is 0 Å². The Bertz CT molecular complexity index is 1840. The van der Waals surface area contributed by atoms with Gasteiger partial charge in [-0.2, -0.15) is 0 Å². The average molecular weight is 1380 g/mol. The van der Waals surface area contributed by atoms with E-state index in [0.29, 0.717) is 25.7 Å². The summed E-state index contributed by atoms with van der Waals surface area (Å²) in [4.78, 5) is 72.8. The first-order valence-electron chi connectivity index (χ1n) is 38.9. The fourth-order valence-corrected chi connectivity index (χ4v) is 12.9. The quantitative estimate of drug-likeness (QED) is 0.0222. The predicted octanol–water partition coefficient (Wildman–Crippen LogP) is 21.8. The van der Waals surface area contributed by atoms with Gasteiger partial charge in [-0.25, -0.2) is 9.13 Å². The van der Waals surface area contributed by atoms with Gasteiger partial charge in [0.05, 0.1) is 26.4 Å². The minimum Gasteiger partial charge on any atom is -0.462 e. The Labute approximate surface area is 575 Å². The van der Waals surface area contributed by atoms with Gasteiger partial charge in [-0.15, -0.1) is 0 Å². The van der Waals surface area contributed by atoms with Gasteiger partial charge in [-0.05, 0) is 43.4 Å². The Morgan fingerprint density at radius 3 is 0.809 bits per heavy atom. The molecular formula is C75H146O17P2. The number of aliphatic hydroxyl groups is 1. The predicted molar refractivity (Wildman–Crippen MR) is 381 cm³/mol. The Morgan fingerprint density at radius 2 is 0.543 bits per heavy atom. The fraction of sp³-hybridized carbons (Fsp3) is 0.947. The van der Waals surface area contributed by atoms with Crippen molar-refractivity contribution in [3.05, 3.63) is 0 Å². The number of rotatable bonds is 73. The first-order valence-corrected chi connectivity index (χ1v) is 41.9. The van der Waals surface area contributed by atoms with Crippen LogP contribution in [0.1, 0.15) is 382 Å². The molecule has 0 spiro atoms. The highest BCUT2D eigenvalue weighted by molar-refractivity contribution is 7.47. The molecule has 0 radical (unpaired) electrons. The van der Waals surface area contributed by atoms with Gasteiger partial charge in [0.1, 0.15) is 19.3 Å². The third-order valence-corrected chi connectivity index (χ3v) is 20.0. The van der Waals surface area contributed by atoms with Gasteiger partial charge in [-0.1, -0.05) is 331 Å². The number of carbonyl (C=O) groups excluding carboxylic acids is 4. The van der Waals surface area contributed by atoms with E-state index < -0.39 is 97.5 Å². The number of aliphatic hydroxyl groups excluding tert-OH is 1. The van der Waals surface area contributed by atoms with Crippen LogP contribution in [0, 0.1) is 17.8 Å². The lowest BCUT2D eigenvalue weighted by Crippen LogP contribution is -2.30. The van der Waals surface area contributed by atoms with Gasteiger partial charge in [0.2, 0.25) is 0 Å². The molecule has 3 N–H and O–H groups in total. The molecule has 0 saturated heterocycles. The lowest BCUT2D eigenvalue weighted by molar-refractivity contribution is -0.161. The third kappa shape index (κ3) is 66.0. The van der Waals surface area contributed by atoms with Crippen LogP contribution >= 0.6 is 15.6 Å². The molecule has 0 aromatic rings. The van der Waals surface area contributed by atoms with Crippen molar-refractivity contribution in [1.29, 1.82) is 0 Å². The molecule has 94 heavy (non-hydrogen) atoms. The molecule has 0 bridgehead atoms. The Morgan fingerprint density at radius 1 is 0.309 bits per heavy atom. The highest BCUT2D eigenvalue weighted by Crippen LogP contribution is 2.45. The molecule has 19 heteroatoms. The smallest absolute Gasteiger partial charge is 0.462 e. The SMILES string of the molecule is CCCCCCCCCCCCCC(=O)OC[C@H](COP(=O)(O)OC[C@H](O)COP(=O)(O)OC[C@@H](COC(=O)CCCCCCCCCCCCC(C)CC)OC(=O)CCCCCCCCCCCCCCCCC(C)C)OC(=O)CCCCCCCCCCC(C)CC. The monoisotopic (exact) mass is 1380 g/mol. The van der Waals surface area contributed by atoms with Crippen LogP contribution in [-0.2, 0) is 65.4 Å². The maximum Gasteiger partial charge on any atom is 0.472 e.